The second-order valence-corrected chi connectivity index (χ2v) is 9.62. The first-order valence-electron chi connectivity index (χ1n) is 8.40. The van der Waals surface area contributed by atoms with Gasteiger partial charge in [-0.25, -0.2) is 13.2 Å². The zero-order valence-corrected chi connectivity index (χ0v) is 16.5. The van der Waals surface area contributed by atoms with Crippen molar-refractivity contribution in [1.29, 1.82) is 0 Å². The fraction of sp³-hybridized carbons (Fsp3) is 0.471. The van der Waals surface area contributed by atoms with Gasteiger partial charge in [0.2, 0.25) is 5.91 Å². The number of benzene rings is 1. The summed E-state index contributed by atoms with van der Waals surface area (Å²) in [6.45, 7) is 1.07. The molecule has 0 bridgehead atoms. The summed E-state index contributed by atoms with van der Waals surface area (Å²) in [5.74, 6) is -1.15. The number of imide groups is 1. The first-order valence-corrected chi connectivity index (χ1v) is 10.6. The van der Waals surface area contributed by atoms with E-state index in [0.717, 1.165) is 4.90 Å². The number of halogens is 1. The zero-order chi connectivity index (χ0) is 20.0. The number of hydrogen-bond acceptors (Lipinski definition) is 5. The van der Waals surface area contributed by atoms with Crippen LogP contribution < -0.4 is 5.32 Å². The molecule has 1 aromatic rings. The van der Waals surface area contributed by atoms with Gasteiger partial charge >= 0.3 is 6.03 Å². The minimum Gasteiger partial charge on any atom is -0.340 e. The summed E-state index contributed by atoms with van der Waals surface area (Å²) < 4.78 is 23.2. The van der Waals surface area contributed by atoms with Crippen molar-refractivity contribution in [2.45, 2.75) is 24.9 Å². The van der Waals surface area contributed by atoms with Crippen molar-refractivity contribution < 1.29 is 22.8 Å². The van der Waals surface area contributed by atoms with E-state index in [9.17, 15) is 22.8 Å². The molecule has 10 heteroatoms. The van der Waals surface area contributed by atoms with E-state index in [0.29, 0.717) is 17.0 Å². The van der Waals surface area contributed by atoms with Gasteiger partial charge in [-0.1, -0.05) is 29.8 Å². The third-order valence-corrected chi connectivity index (χ3v) is 7.21. The van der Waals surface area contributed by atoms with Gasteiger partial charge in [0.05, 0.1) is 11.5 Å². The SMILES string of the molecule is CN(C(=O)CN1C(=O)N[C@](C)(c2ccccc2Cl)C1=O)[C@H]1CCS(=O)(=O)C1. The maximum Gasteiger partial charge on any atom is 0.325 e. The highest BCUT2D eigenvalue weighted by Crippen LogP contribution is 2.33. The lowest BCUT2D eigenvalue weighted by atomic mass is 9.92. The Morgan fingerprint density at radius 2 is 2.04 bits per heavy atom. The highest BCUT2D eigenvalue weighted by molar-refractivity contribution is 7.91. The van der Waals surface area contributed by atoms with Gasteiger partial charge in [0.15, 0.2) is 9.84 Å². The molecule has 2 heterocycles. The van der Waals surface area contributed by atoms with Crippen LogP contribution in [0.3, 0.4) is 0 Å². The van der Waals surface area contributed by atoms with E-state index >= 15 is 0 Å². The molecule has 2 aliphatic rings. The number of sulfone groups is 1. The minimum atomic E-state index is -3.15. The lowest BCUT2D eigenvalue weighted by Gasteiger charge is -2.26. The van der Waals surface area contributed by atoms with E-state index < -0.39 is 45.8 Å². The lowest BCUT2D eigenvalue weighted by molar-refractivity contribution is -0.139. The van der Waals surface area contributed by atoms with E-state index in [1.165, 1.54) is 18.9 Å². The molecule has 8 nitrogen and oxygen atoms in total. The number of nitrogens with one attached hydrogen (secondary N) is 1. The van der Waals surface area contributed by atoms with Gasteiger partial charge in [-0.05, 0) is 19.4 Å². The number of amides is 4. The number of carbonyl (C=O) groups is 3. The van der Waals surface area contributed by atoms with Crippen molar-refractivity contribution >= 4 is 39.3 Å². The molecule has 1 N–H and O–H groups in total. The van der Waals surface area contributed by atoms with Crippen molar-refractivity contribution in [3.63, 3.8) is 0 Å². The van der Waals surface area contributed by atoms with Crippen LogP contribution in [0.2, 0.25) is 5.02 Å². The lowest BCUT2D eigenvalue weighted by Crippen LogP contribution is -2.46. The van der Waals surface area contributed by atoms with Crippen LogP contribution in [0.15, 0.2) is 24.3 Å². The van der Waals surface area contributed by atoms with Gasteiger partial charge in [0.25, 0.3) is 5.91 Å². The smallest absolute Gasteiger partial charge is 0.325 e. The Balaban J connectivity index is 1.76. The van der Waals surface area contributed by atoms with Gasteiger partial charge in [-0.2, -0.15) is 0 Å². The molecule has 4 amide bonds. The number of hydrogen-bond donors (Lipinski definition) is 1. The summed E-state index contributed by atoms with van der Waals surface area (Å²) in [7, 11) is -1.66. The van der Waals surface area contributed by atoms with Crippen molar-refractivity contribution in [2.24, 2.45) is 0 Å². The molecular formula is C17H20ClN3O5S. The normalized spacial score (nSPS) is 26.9. The van der Waals surface area contributed by atoms with Crippen molar-refractivity contribution in [2.75, 3.05) is 25.1 Å². The Bertz CT molecular complexity index is 919. The maximum absolute atomic E-state index is 12.9. The second-order valence-electron chi connectivity index (χ2n) is 6.99. The fourth-order valence-corrected chi connectivity index (χ4v) is 5.52. The molecule has 3 rings (SSSR count). The van der Waals surface area contributed by atoms with Gasteiger partial charge in [-0.15, -0.1) is 0 Å². The van der Waals surface area contributed by atoms with E-state index in [1.54, 1.807) is 24.3 Å². The molecule has 0 unspecified atom stereocenters. The van der Waals surface area contributed by atoms with Crippen LogP contribution >= 0.6 is 11.6 Å². The first kappa shape index (κ1) is 19.6. The van der Waals surface area contributed by atoms with E-state index in [1.807, 2.05) is 0 Å². The summed E-state index contributed by atoms with van der Waals surface area (Å²) in [5.41, 5.74) is -0.930. The molecule has 0 aromatic heterocycles. The second kappa shape index (κ2) is 6.79. The molecule has 146 valence electrons. The first-order chi connectivity index (χ1) is 12.5. The molecule has 0 aliphatic carbocycles. The Hall–Kier alpha value is -2.13. The summed E-state index contributed by atoms with van der Waals surface area (Å²) in [5, 5.41) is 2.93. The van der Waals surface area contributed by atoms with Crippen LogP contribution in [0.1, 0.15) is 18.9 Å². The maximum atomic E-state index is 12.9. The third kappa shape index (κ3) is 3.53. The Morgan fingerprint density at radius 1 is 1.37 bits per heavy atom. The number of likely N-dealkylation sites (N-methyl/N-ethyl adjacent to an activating group) is 1. The molecule has 0 spiro atoms. The van der Waals surface area contributed by atoms with Crippen LogP contribution in [0, 0.1) is 0 Å². The average Bonchev–Trinajstić information content (AvgIpc) is 3.07. The van der Waals surface area contributed by atoms with Crippen LogP contribution in [0.25, 0.3) is 0 Å². The Labute approximate surface area is 162 Å². The van der Waals surface area contributed by atoms with E-state index in [4.69, 9.17) is 11.6 Å². The molecule has 0 saturated carbocycles. The van der Waals surface area contributed by atoms with Crippen LogP contribution in [0.4, 0.5) is 4.79 Å². The molecule has 2 saturated heterocycles. The summed E-state index contributed by atoms with van der Waals surface area (Å²) in [6.07, 6.45) is 0.349. The fourth-order valence-electron chi connectivity index (χ4n) is 3.42. The van der Waals surface area contributed by atoms with Crippen molar-refractivity contribution in [3.05, 3.63) is 34.9 Å². The molecule has 2 fully saturated rings. The number of nitrogens with zero attached hydrogens (tertiary/aromatic N) is 2. The van der Waals surface area contributed by atoms with Crippen LogP contribution in [-0.2, 0) is 25.0 Å². The highest BCUT2D eigenvalue weighted by atomic mass is 35.5. The molecule has 2 atom stereocenters. The summed E-state index contributed by atoms with van der Waals surface area (Å²) >= 11 is 6.17. The van der Waals surface area contributed by atoms with Crippen molar-refractivity contribution in [1.82, 2.24) is 15.1 Å². The molecule has 27 heavy (non-hydrogen) atoms. The number of carbonyl (C=O) groups excluding carboxylic acids is 3. The largest absolute Gasteiger partial charge is 0.340 e. The van der Waals surface area contributed by atoms with Gasteiger partial charge < -0.3 is 10.2 Å². The van der Waals surface area contributed by atoms with Gasteiger partial charge in [0, 0.05) is 23.7 Å². The highest BCUT2D eigenvalue weighted by Gasteiger charge is 2.50. The molecule has 0 radical (unpaired) electrons. The van der Waals surface area contributed by atoms with Crippen molar-refractivity contribution in [3.8, 4) is 0 Å². The minimum absolute atomic E-state index is 0.0307. The third-order valence-electron chi connectivity index (χ3n) is 5.13. The average molecular weight is 414 g/mol. The van der Waals surface area contributed by atoms with E-state index in [-0.39, 0.29) is 11.5 Å². The topological polar surface area (TPSA) is 104 Å². The van der Waals surface area contributed by atoms with Crippen LogP contribution in [-0.4, -0.2) is 67.2 Å². The van der Waals surface area contributed by atoms with Crippen LogP contribution in [0.5, 0.6) is 0 Å². The summed E-state index contributed by atoms with van der Waals surface area (Å²) in [6, 6.07) is 5.53. The molecular weight excluding hydrogens is 394 g/mol. The summed E-state index contributed by atoms with van der Waals surface area (Å²) in [4.78, 5) is 39.9. The molecule has 2 aliphatic heterocycles. The van der Waals surface area contributed by atoms with Gasteiger partial charge in [-0.3, -0.25) is 14.5 Å². The number of rotatable bonds is 4. The number of urea groups is 1. The standard InChI is InChI=1S/C17H20ClN3O5S/c1-17(12-5-3-4-6-13(12)18)15(23)21(16(24)19-17)9-14(22)20(2)11-7-8-27(25,26)10-11/h3-6,11H,7-10H2,1-2H3,(H,19,24)/t11-,17+/m0/s1. The van der Waals surface area contributed by atoms with Gasteiger partial charge in [0.1, 0.15) is 12.1 Å². The predicted molar refractivity (Wildman–Crippen MR) is 98.9 cm³/mol. The Morgan fingerprint density at radius 3 is 2.63 bits per heavy atom. The molecule has 1 aromatic carbocycles. The zero-order valence-electron chi connectivity index (χ0n) is 14.9. The Kier molecular flexibility index (Phi) is 4.94. The monoisotopic (exact) mass is 413 g/mol. The predicted octanol–water partition coefficient (Wildman–Crippen LogP) is 0.752. The van der Waals surface area contributed by atoms with E-state index in [2.05, 4.69) is 5.32 Å². The quantitative estimate of drug-likeness (QED) is 0.733.